The number of benzene rings is 2. The first-order chi connectivity index (χ1) is 12.6. The second-order valence-electron chi connectivity index (χ2n) is 7.09. The van der Waals surface area contributed by atoms with E-state index in [1.165, 1.54) is 12.1 Å². The Kier molecular flexibility index (Phi) is 4.52. The number of hydrogen-bond donors (Lipinski definition) is 0. The van der Waals surface area contributed by atoms with Crippen LogP contribution in [0.3, 0.4) is 0 Å². The number of halogens is 1. The summed E-state index contributed by atoms with van der Waals surface area (Å²) < 4.78 is 19.1. The Labute approximate surface area is 153 Å². The summed E-state index contributed by atoms with van der Waals surface area (Å²) in [7, 11) is 0. The van der Waals surface area contributed by atoms with Gasteiger partial charge in [-0.1, -0.05) is 6.07 Å². The van der Waals surface area contributed by atoms with E-state index < -0.39 is 0 Å². The third-order valence-electron chi connectivity index (χ3n) is 5.51. The van der Waals surface area contributed by atoms with Gasteiger partial charge in [0, 0.05) is 43.8 Å². The van der Waals surface area contributed by atoms with Gasteiger partial charge in [0.15, 0.2) is 0 Å². The van der Waals surface area contributed by atoms with E-state index in [1.807, 2.05) is 18.2 Å². The maximum Gasteiger partial charge on any atom is 0.123 e. The Balaban J connectivity index is 1.46. The molecule has 2 heterocycles. The molecule has 2 aromatic rings. The van der Waals surface area contributed by atoms with Gasteiger partial charge in [-0.15, -0.1) is 0 Å². The fourth-order valence-corrected chi connectivity index (χ4v) is 4.21. The van der Waals surface area contributed by atoms with Gasteiger partial charge in [0.2, 0.25) is 0 Å². The third-order valence-corrected chi connectivity index (χ3v) is 5.51. The smallest absolute Gasteiger partial charge is 0.123 e. The molecule has 5 heteroatoms. The number of nitriles is 1. The lowest BCUT2D eigenvalue weighted by molar-refractivity contribution is 0.180. The van der Waals surface area contributed by atoms with Crippen molar-refractivity contribution in [1.82, 2.24) is 4.90 Å². The Morgan fingerprint density at radius 2 is 1.96 bits per heavy atom. The van der Waals surface area contributed by atoms with Crippen molar-refractivity contribution in [2.75, 3.05) is 24.5 Å². The van der Waals surface area contributed by atoms with Crippen LogP contribution in [-0.4, -0.2) is 42.7 Å². The van der Waals surface area contributed by atoms with Gasteiger partial charge < -0.3 is 9.64 Å². The molecule has 3 atom stereocenters. The van der Waals surface area contributed by atoms with Crippen molar-refractivity contribution in [3.63, 3.8) is 0 Å². The van der Waals surface area contributed by atoms with Crippen LogP contribution in [0.25, 0.3) is 0 Å². The molecule has 26 heavy (non-hydrogen) atoms. The van der Waals surface area contributed by atoms with Crippen LogP contribution in [0.4, 0.5) is 10.1 Å². The van der Waals surface area contributed by atoms with Crippen LogP contribution in [0.15, 0.2) is 48.5 Å². The molecule has 0 spiro atoms. The van der Waals surface area contributed by atoms with Crippen molar-refractivity contribution in [3.8, 4) is 11.8 Å². The molecule has 0 bridgehead atoms. The highest BCUT2D eigenvalue weighted by Crippen LogP contribution is 2.32. The Morgan fingerprint density at radius 3 is 2.73 bits per heavy atom. The first-order valence-electron chi connectivity index (χ1n) is 9.07. The first-order valence-corrected chi connectivity index (χ1v) is 9.07. The van der Waals surface area contributed by atoms with Crippen LogP contribution in [-0.2, 0) is 0 Å². The second-order valence-corrected chi connectivity index (χ2v) is 7.09. The van der Waals surface area contributed by atoms with Crippen LogP contribution >= 0.6 is 0 Å². The van der Waals surface area contributed by atoms with Crippen LogP contribution in [0.5, 0.6) is 5.75 Å². The molecule has 4 nitrogen and oxygen atoms in total. The number of hydrogen-bond acceptors (Lipinski definition) is 4. The zero-order valence-electron chi connectivity index (χ0n) is 14.8. The molecule has 0 N–H and O–H groups in total. The highest BCUT2D eigenvalue weighted by atomic mass is 19.1. The number of piperazine rings is 1. The van der Waals surface area contributed by atoms with E-state index in [0.29, 0.717) is 17.6 Å². The maximum absolute atomic E-state index is 13.1. The van der Waals surface area contributed by atoms with Crippen molar-refractivity contribution in [2.45, 2.75) is 31.5 Å². The van der Waals surface area contributed by atoms with E-state index in [4.69, 9.17) is 10.00 Å². The quantitative estimate of drug-likeness (QED) is 0.849. The molecule has 2 saturated heterocycles. The zero-order chi connectivity index (χ0) is 18.1. The Bertz CT molecular complexity index is 817. The molecule has 4 rings (SSSR count). The van der Waals surface area contributed by atoms with E-state index in [1.54, 1.807) is 12.1 Å². The summed E-state index contributed by atoms with van der Waals surface area (Å²) in [5.41, 5.74) is 1.81. The van der Waals surface area contributed by atoms with Crippen molar-refractivity contribution in [3.05, 3.63) is 59.9 Å². The predicted molar refractivity (Wildman–Crippen MR) is 98.8 cm³/mol. The minimum atomic E-state index is -0.245. The van der Waals surface area contributed by atoms with Gasteiger partial charge in [-0.3, -0.25) is 4.90 Å². The van der Waals surface area contributed by atoms with E-state index >= 15 is 0 Å². The van der Waals surface area contributed by atoms with Crippen molar-refractivity contribution in [1.29, 1.82) is 5.26 Å². The lowest BCUT2D eigenvalue weighted by atomic mass is 10.0. The molecule has 2 fully saturated rings. The van der Waals surface area contributed by atoms with Crippen LogP contribution < -0.4 is 9.64 Å². The molecule has 2 aliphatic heterocycles. The van der Waals surface area contributed by atoms with Crippen LogP contribution in [0.2, 0.25) is 0 Å². The van der Waals surface area contributed by atoms with Crippen molar-refractivity contribution >= 4 is 5.69 Å². The van der Waals surface area contributed by atoms with E-state index in [-0.39, 0.29) is 11.9 Å². The standard InChI is InChI=1S/C21H22FN3O/c1-15-21-12-20(26-19-7-5-17(22)6-8-19)14-24(21)9-10-25(15)18-4-2-3-16(11-18)13-23/h2-8,11,15,20-21H,9-10,12,14H2,1H3/t15?,20-,21-/m0/s1. The van der Waals surface area contributed by atoms with Gasteiger partial charge in [-0.2, -0.15) is 5.26 Å². The van der Waals surface area contributed by atoms with Crippen LogP contribution in [0.1, 0.15) is 18.9 Å². The molecule has 0 aromatic heterocycles. The molecule has 0 saturated carbocycles. The van der Waals surface area contributed by atoms with E-state index in [2.05, 4.69) is 28.9 Å². The SMILES string of the molecule is CC1[C@@H]2C[C@H](Oc3ccc(F)cc3)CN2CCN1c1cccc(C#N)c1. The molecule has 0 aliphatic carbocycles. The lowest BCUT2D eigenvalue weighted by Crippen LogP contribution is -2.56. The van der Waals surface area contributed by atoms with Gasteiger partial charge in [-0.05, 0) is 49.4 Å². The summed E-state index contributed by atoms with van der Waals surface area (Å²) in [6.07, 6.45) is 1.07. The molecule has 1 unspecified atom stereocenters. The molecule has 2 aliphatic rings. The molecular weight excluding hydrogens is 329 g/mol. The third kappa shape index (κ3) is 3.25. The maximum atomic E-state index is 13.1. The summed E-state index contributed by atoms with van der Waals surface area (Å²) in [4.78, 5) is 4.88. The summed E-state index contributed by atoms with van der Waals surface area (Å²) in [5.74, 6) is 0.479. The minimum absolute atomic E-state index is 0.123. The first kappa shape index (κ1) is 16.9. The van der Waals surface area contributed by atoms with E-state index in [9.17, 15) is 4.39 Å². The highest BCUT2D eigenvalue weighted by molar-refractivity contribution is 5.53. The van der Waals surface area contributed by atoms with Crippen LogP contribution in [0, 0.1) is 17.1 Å². The number of ether oxygens (including phenoxy) is 1. The number of rotatable bonds is 3. The Morgan fingerprint density at radius 1 is 1.15 bits per heavy atom. The Hall–Kier alpha value is -2.58. The lowest BCUT2D eigenvalue weighted by Gasteiger charge is -2.44. The topological polar surface area (TPSA) is 39.5 Å². The summed E-state index contributed by atoms with van der Waals surface area (Å²) in [6, 6.07) is 17.1. The second kappa shape index (κ2) is 6.97. The number of anilines is 1. The largest absolute Gasteiger partial charge is 0.489 e. The summed E-state index contributed by atoms with van der Waals surface area (Å²) in [6.45, 7) is 5.07. The number of nitrogens with zero attached hydrogens (tertiary/aromatic N) is 3. The van der Waals surface area contributed by atoms with Crippen molar-refractivity contribution in [2.24, 2.45) is 0 Å². The average molecular weight is 351 g/mol. The average Bonchev–Trinajstić information content (AvgIpc) is 3.07. The van der Waals surface area contributed by atoms with Gasteiger partial charge in [0.05, 0.1) is 11.6 Å². The minimum Gasteiger partial charge on any atom is -0.489 e. The molecular formula is C21H22FN3O. The highest BCUT2D eigenvalue weighted by Gasteiger charge is 2.41. The fourth-order valence-electron chi connectivity index (χ4n) is 4.21. The molecule has 0 radical (unpaired) electrons. The molecule has 2 aromatic carbocycles. The molecule has 0 amide bonds. The van der Waals surface area contributed by atoms with Gasteiger partial charge in [0.1, 0.15) is 17.7 Å². The monoisotopic (exact) mass is 351 g/mol. The van der Waals surface area contributed by atoms with E-state index in [0.717, 1.165) is 37.5 Å². The van der Waals surface area contributed by atoms with Crippen molar-refractivity contribution < 1.29 is 9.13 Å². The van der Waals surface area contributed by atoms with Gasteiger partial charge >= 0.3 is 0 Å². The normalized spacial score (nSPS) is 25.6. The summed E-state index contributed by atoms with van der Waals surface area (Å²) >= 11 is 0. The molecule has 134 valence electrons. The number of fused-ring (bicyclic) bond motifs is 1. The van der Waals surface area contributed by atoms with Gasteiger partial charge in [0.25, 0.3) is 0 Å². The zero-order valence-corrected chi connectivity index (χ0v) is 14.8. The fraction of sp³-hybridized carbons (Fsp3) is 0.381. The predicted octanol–water partition coefficient (Wildman–Crippen LogP) is 3.43. The van der Waals surface area contributed by atoms with Gasteiger partial charge in [-0.25, -0.2) is 4.39 Å². The summed E-state index contributed by atoms with van der Waals surface area (Å²) in [5, 5.41) is 9.15.